The van der Waals surface area contributed by atoms with Crippen LogP contribution in [-0.2, 0) is 10.0 Å². The fourth-order valence-electron chi connectivity index (χ4n) is 1.77. The maximum atomic E-state index is 13.8. The first-order valence-corrected chi connectivity index (χ1v) is 8.91. The summed E-state index contributed by atoms with van der Waals surface area (Å²) in [7, 11) is -4.03. The molecule has 1 aromatic rings. The van der Waals surface area contributed by atoms with Crippen LogP contribution in [0.15, 0.2) is 21.5 Å². The summed E-state index contributed by atoms with van der Waals surface area (Å²) in [6, 6.07) is 1.86. The number of carbonyl (C=O) groups excluding carboxylic acids is 1. The fourth-order valence-corrected chi connectivity index (χ4v) is 3.38. The fraction of sp³-hybridized carbons (Fsp3) is 0.462. The number of carbonyl (C=O) groups is 1. The summed E-state index contributed by atoms with van der Waals surface area (Å²) in [6.07, 6.45) is 3.91. The number of hydrogen-bond donors (Lipinski definition) is 2. The van der Waals surface area contributed by atoms with Crippen molar-refractivity contribution in [3.05, 3.63) is 28.0 Å². The van der Waals surface area contributed by atoms with Gasteiger partial charge in [-0.3, -0.25) is 4.79 Å². The van der Waals surface area contributed by atoms with E-state index in [1.165, 1.54) is 0 Å². The van der Waals surface area contributed by atoms with Gasteiger partial charge in [0, 0.05) is 11.0 Å². The first-order chi connectivity index (χ1) is 9.77. The molecule has 0 aliphatic rings. The number of rotatable bonds is 7. The Hall–Kier alpha value is -0.990. The SMILES string of the molecule is CCCCCCNC(=O)c1cc(S(N)(=O)=O)c(Br)cc1F. The van der Waals surface area contributed by atoms with Gasteiger partial charge in [-0.2, -0.15) is 0 Å². The molecule has 3 N–H and O–H groups in total. The second kappa shape index (κ2) is 7.86. The van der Waals surface area contributed by atoms with E-state index in [1.54, 1.807) is 0 Å². The highest BCUT2D eigenvalue weighted by molar-refractivity contribution is 9.10. The number of unbranched alkanes of at least 4 members (excludes halogenated alkanes) is 3. The number of halogens is 2. The number of nitrogens with one attached hydrogen (secondary N) is 1. The first-order valence-electron chi connectivity index (χ1n) is 6.57. The lowest BCUT2D eigenvalue weighted by Gasteiger charge is -2.09. The molecule has 118 valence electrons. The van der Waals surface area contributed by atoms with E-state index in [2.05, 4.69) is 28.2 Å². The molecule has 8 heteroatoms. The average Bonchev–Trinajstić information content (AvgIpc) is 2.36. The van der Waals surface area contributed by atoms with Crippen molar-refractivity contribution in [2.45, 2.75) is 37.5 Å². The third kappa shape index (κ3) is 5.37. The Balaban J connectivity index is 2.85. The van der Waals surface area contributed by atoms with Gasteiger partial charge < -0.3 is 5.32 Å². The molecule has 1 rings (SSSR count). The van der Waals surface area contributed by atoms with E-state index in [0.29, 0.717) is 6.54 Å². The van der Waals surface area contributed by atoms with Crippen LogP contribution in [0.2, 0.25) is 0 Å². The van der Waals surface area contributed by atoms with Gasteiger partial charge in [0.25, 0.3) is 5.91 Å². The number of primary sulfonamides is 1. The van der Waals surface area contributed by atoms with Gasteiger partial charge in [-0.05, 0) is 34.5 Å². The molecular weight excluding hydrogens is 363 g/mol. The van der Waals surface area contributed by atoms with Crippen LogP contribution in [0.25, 0.3) is 0 Å². The average molecular weight is 381 g/mol. The molecule has 0 aliphatic carbocycles. The third-order valence-corrected chi connectivity index (χ3v) is 4.76. The quantitative estimate of drug-likeness (QED) is 0.712. The summed E-state index contributed by atoms with van der Waals surface area (Å²) in [5.41, 5.74) is -0.335. The van der Waals surface area contributed by atoms with Crippen molar-refractivity contribution >= 4 is 31.9 Å². The smallest absolute Gasteiger partial charge is 0.254 e. The van der Waals surface area contributed by atoms with Crippen molar-refractivity contribution in [3.8, 4) is 0 Å². The Labute approximate surface area is 132 Å². The van der Waals surface area contributed by atoms with Gasteiger partial charge in [0.2, 0.25) is 10.0 Å². The van der Waals surface area contributed by atoms with Gasteiger partial charge >= 0.3 is 0 Å². The second-order valence-corrected chi connectivity index (χ2v) is 7.01. The maximum absolute atomic E-state index is 13.8. The van der Waals surface area contributed by atoms with Crippen LogP contribution in [0.4, 0.5) is 4.39 Å². The van der Waals surface area contributed by atoms with Gasteiger partial charge in [-0.1, -0.05) is 26.2 Å². The number of hydrogen-bond acceptors (Lipinski definition) is 3. The largest absolute Gasteiger partial charge is 0.352 e. The van der Waals surface area contributed by atoms with E-state index < -0.39 is 21.7 Å². The van der Waals surface area contributed by atoms with E-state index in [1.807, 2.05) is 0 Å². The highest BCUT2D eigenvalue weighted by Gasteiger charge is 2.20. The van der Waals surface area contributed by atoms with E-state index >= 15 is 0 Å². The Morgan fingerprint density at radius 3 is 2.57 bits per heavy atom. The van der Waals surface area contributed by atoms with Gasteiger partial charge in [-0.25, -0.2) is 17.9 Å². The summed E-state index contributed by atoms with van der Waals surface area (Å²) < 4.78 is 36.5. The number of nitrogens with two attached hydrogens (primary N) is 1. The Morgan fingerprint density at radius 2 is 2.00 bits per heavy atom. The lowest BCUT2D eigenvalue weighted by Crippen LogP contribution is -2.26. The zero-order chi connectivity index (χ0) is 16.0. The van der Waals surface area contributed by atoms with Crippen LogP contribution in [0.5, 0.6) is 0 Å². The van der Waals surface area contributed by atoms with E-state index in [4.69, 9.17) is 5.14 Å². The summed E-state index contributed by atoms with van der Waals surface area (Å²) in [6.45, 7) is 2.49. The van der Waals surface area contributed by atoms with Crippen LogP contribution in [0, 0.1) is 5.82 Å². The topological polar surface area (TPSA) is 89.3 Å². The molecule has 0 spiro atoms. The third-order valence-electron chi connectivity index (χ3n) is 2.89. The van der Waals surface area contributed by atoms with Crippen molar-refractivity contribution in [1.29, 1.82) is 0 Å². The molecule has 1 amide bonds. The Morgan fingerprint density at radius 1 is 1.33 bits per heavy atom. The lowest BCUT2D eigenvalue weighted by molar-refractivity contribution is 0.0948. The molecule has 0 radical (unpaired) electrons. The minimum atomic E-state index is -4.03. The van der Waals surface area contributed by atoms with E-state index in [-0.39, 0.29) is 14.9 Å². The minimum Gasteiger partial charge on any atom is -0.352 e. The van der Waals surface area contributed by atoms with Crippen LogP contribution in [0.3, 0.4) is 0 Å². The van der Waals surface area contributed by atoms with Gasteiger partial charge in [0.15, 0.2) is 0 Å². The second-order valence-electron chi connectivity index (χ2n) is 4.62. The van der Waals surface area contributed by atoms with Crippen LogP contribution in [0.1, 0.15) is 43.0 Å². The minimum absolute atomic E-state index is 0.0120. The normalized spacial score (nSPS) is 11.4. The highest BCUT2D eigenvalue weighted by atomic mass is 79.9. The number of benzene rings is 1. The molecule has 0 bridgehead atoms. The van der Waals surface area contributed by atoms with Crippen LogP contribution in [-0.4, -0.2) is 20.9 Å². The van der Waals surface area contributed by atoms with Crippen molar-refractivity contribution in [1.82, 2.24) is 5.32 Å². The molecule has 1 aromatic carbocycles. The molecule has 0 saturated carbocycles. The standard InChI is InChI=1S/C13H18BrFN2O3S/c1-2-3-4-5-6-17-13(18)9-7-12(21(16,19)20)10(14)8-11(9)15/h7-8H,2-6H2,1H3,(H,17,18)(H2,16,19,20). The molecule has 0 fully saturated rings. The zero-order valence-electron chi connectivity index (χ0n) is 11.7. The summed E-state index contributed by atoms with van der Waals surface area (Å²) in [5, 5.41) is 7.59. The molecule has 0 aliphatic heterocycles. The molecule has 0 unspecified atom stereocenters. The predicted molar refractivity (Wildman–Crippen MR) is 81.9 cm³/mol. The number of sulfonamides is 1. The summed E-state index contributed by atoms with van der Waals surface area (Å²) >= 11 is 2.92. The van der Waals surface area contributed by atoms with Crippen molar-refractivity contribution < 1.29 is 17.6 Å². The lowest BCUT2D eigenvalue weighted by atomic mass is 10.2. The molecule has 5 nitrogen and oxygen atoms in total. The number of amides is 1. The molecule has 0 heterocycles. The first kappa shape index (κ1) is 18.1. The van der Waals surface area contributed by atoms with Crippen molar-refractivity contribution in [3.63, 3.8) is 0 Å². The molecule has 21 heavy (non-hydrogen) atoms. The van der Waals surface area contributed by atoms with E-state index in [9.17, 15) is 17.6 Å². The van der Waals surface area contributed by atoms with Crippen LogP contribution < -0.4 is 10.5 Å². The highest BCUT2D eigenvalue weighted by Crippen LogP contribution is 2.24. The van der Waals surface area contributed by atoms with E-state index in [0.717, 1.165) is 37.8 Å². The van der Waals surface area contributed by atoms with Gasteiger partial charge in [-0.15, -0.1) is 0 Å². The zero-order valence-corrected chi connectivity index (χ0v) is 14.1. The van der Waals surface area contributed by atoms with Crippen molar-refractivity contribution in [2.24, 2.45) is 5.14 Å². The molecule has 0 saturated heterocycles. The molecular formula is C13H18BrFN2O3S. The maximum Gasteiger partial charge on any atom is 0.254 e. The Bertz CT molecular complexity index is 620. The summed E-state index contributed by atoms with van der Waals surface area (Å²) in [4.78, 5) is 11.6. The van der Waals surface area contributed by atoms with Gasteiger partial charge in [0.1, 0.15) is 5.82 Å². The summed E-state index contributed by atoms with van der Waals surface area (Å²) in [5.74, 6) is -1.46. The van der Waals surface area contributed by atoms with Gasteiger partial charge in [0.05, 0.1) is 10.5 Å². The predicted octanol–water partition coefficient (Wildman–Crippen LogP) is 2.55. The van der Waals surface area contributed by atoms with Crippen LogP contribution >= 0.6 is 15.9 Å². The monoisotopic (exact) mass is 380 g/mol. The molecule has 0 aromatic heterocycles. The molecule has 0 atom stereocenters. The van der Waals surface area contributed by atoms with Crippen molar-refractivity contribution in [2.75, 3.05) is 6.54 Å². The Kier molecular flexibility index (Phi) is 6.76.